The maximum Gasteiger partial charge on any atom is 0.342 e. The summed E-state index contributed by atoms with van der Waals surface area (Å²) in [7, 11) is 0. The molecule has 0 unspecified atom stereocenters. The van der Waals surface area contributed by atoms with E-state index in [-0.39, 0.29) is 23.7 Å². The van der Waals surface area contributed by atoms with Gasteiger partial charge < -0.3 is 20.1 Å². The van der Waals surface area contributed by atoms with Gasteiger partial charge in [0.15, 0.2) is 5.78 Å². The van der Waals surface area contributed by atoms with Gasteiger partial charge in [0.2, 0.25) is 0 Å². The number of carbonyl (C=O) groups is 2. The van der Waals surface area contributed by atoms with Gasteiger partial charge in [-0.2, -0.15) is 0 Å². The minimum Gasteiger partial charge on any atom is -0.507 e. The van der Waals surface area contributed by atoms with Crippen LogP contribution < -0.4 is 0 Å². The zero-order chi connectivity index (χ0) is 23.3. The van der Waals surface area contributed by atoms with Crippen molar-refractivity contribution in [3.63, 3.8) is 0 Å². The summed E-state index contributed by atoms with van der Waals surface area (Å²) in [6, 6.07) is 12.8. The fraction of sp³-hybridized carbons (Fsp3) is 0.308. The third kappa shape index (κ3) is 5.72. The first-order valence-corrected chi connectivity index (χ1v) is 10.6. The van der Waals surface area contributed by atoms with Gasteiger partial charge >= 0.3 is 5.97 Å². The van der Waals surface area contributed by atoms with E-state index in [1.165, 1.54) is 12.1 Å². The number of esters is 1. The van der Waals surface area contributed by atoms with Crippen molar-refractivity contribution in [2.45, 2.75) is 45.0 Å². The fourth-order valence-corrected chi connectivity index (χ4v) is 3.71. The second-order valence-corrected chi connectivity index (χ2v) is 8.12. The number of ketones is 1. The Morgan fingerprint density at radius 3 is 2.50 bits per heavy atom. The quantitative estimate of drug-likeness (QED) is 0.624. The van der Waals surface area contributed by atoms with Crippen LogP contribution in [0.4, 0.5) is 0 Å². The molecule has 1 aliphatic heterocycles. The molecule has 3 N–H and O–H groups in total. The lowest BCUT2D eigenvalue weighted by atomic mass is 9.92. The molecule has 0 aliphatic carbocycles. The predicted octanol–water partition coefficient (Wildman–Crippen LogP) is 3.37. The molecular weight excluding hydrogens is 408 g/mol. The van der Waals surface area contributed by atoms with Gasteiger partial charge in [-0.25, -0.2) is 4.79 Å². The normalized spacial score (nSPS) is 26.5. The highest BCUT2D eigenvalue weighted by Crippen LogP contribution is 2.28. The Morgan fingerprint density at radius 1 is 1.06 bits per heavy atom. The summed E-state index contributed by atoms with van der Waals surface area (Å²) in [5.74, 6) is -1.86. The summed E-state index contributed by atoms with van der Waals surface area (Å²) >= 11 is 0. The zero-order valence-corrected chi connectivity index (χ0v) is 18.1. The van der Waals surface area contributed by atoms with Crippen molar-refractivity contribution < 1.29 is 29.6 Å². The van der Waals surface area contributed by atoms with Crippen LogP contribution in [0, 0.1) is 12.8 Å². The first-order valence-electron chi connectivity index (χ1n) is 10.6. The first-order chi connectivity index (χ1) is 15.3. The number of aryl methyl sites for hydroxylation is 1. The van der Waals surface area contributed by atoms with Crippen molar-refractivity contribution in [1.82, 2.24) is 0 Å². The number of ether oxygens (including phenoxy) is 1. The number of cyclic esters (lactones) is 1. The Hall–Kier alpha value is -3.22. The number of fused-ring (bicyclic) bond motifs is 1. The van der Waals surface area contributed by atoms with E-state index in [2.05, 4.69) is 0 Å². The van der Waals surface area contributed by atoms with E-state index in [4.69, 9.17) is 4.74 Å². The molecule has 0 bridgehead atoms. The van der Waals surface area contributed by atoms with Crippen molar-refractivity contribution >= 4 is 17.8 Å². The molecule has 0 amide bonds. The molecule has 0 radical (unpaired) electrons. The van der Waals surface area contributed by atoms with E-state index < -0.39 is 30.1 Å². The van der Waals surface area contributed by atoms with Gasteiger partial charge in [-0.3, -0.25) is 4.79 Å². The number of phenolic OH excluding ortho intramolecular Hbond substituents is 1. The highest BCUT2D eigenvalue weighted by Gasteiger charge is 2.26. The Kier molecular flexibility index (Phi) is 7.62. The van der Waals surface area contributed by atoms with Crippen LogP contribution in [0.2, 0.25) is 0 Å². The molecule has 32 heavy (non-hydrogen) atoms. The lowest BCUT2D eigenvalue weighted by molar-refractivity contribution is -0.127. The summed E-state index contributed by atoms with van der Waals surface area (Å²) in [5, 5.41) is 30.9. The molecule has 4 atom stereocenters. The van der Waals surface area contributed by atoms with Crippen molar-refractivity contribution in [3.8, 4) is 5.75 Å². The minimum absolute atomic E-state index is 0.00617. The Balaban J connectivity index is 2.01. The molecule has 0 fully saturated rings. The number of aromatic hydroxyl groups is 1. The van der Waals surface area contributed by atoms with Crippen LogP contribution >= 0.6 is 0 Å². The summed E-state index contributed by atoms with van der Waals surface area (Å²) in [6.45, 7) is 3.50. The van der Waals surface area contributed by atoms with Crippen LogP contribution in [-0.4, -0.2) is 45.4 Å². The summed E-state index contributed by atoms with van der Waals surface area (Å²) in [4.78, 5) is 25.4. The molecule has 6 heteroatoms. The predicted molar refractivity (Wildman–Crippen MR) is 121 cm³/mol. The van der Waals surface area contributed by atoms with Gasteiger partial charge in [-0.15, -0.1) is 0 Å². The highest BCUT2D eigenvalue weighted by molar-refractivity contribution is 5.97. The van der Waals surface area contributed by atoms with Crippen LogP contribution in [0.5, 0.6) is 5.75 Å². The third-order valence-electron chi connectivity index (χ3n) is 5.55. The molecule has 2 aromatic carbocycles. The largest absolute Gasteiger partial charge is 0.507 e. The lowest BCUT2D eigenvalue weighted by Gasteiger charge is -2.23. The maximum absolute atomic E-state index is 13.0. The van der Waals surface area contributed by atoms with E-state index in [1.54, 1.807) is 38.1 Å². The van der Waals surface area contributed by atoms with Gasteiger partial charge in [-0.1, -0.05) is 54.6 Å². The smallest absolute Gasteiger partial charge is 0.342 e. The molecule has 0 saturated heterocycles. The molecule has 2 aromatic rings. The second kappa shape index (κ2) is 10.4. The van der Waals surface area contributed by atoms with Gasteiger partial charge in [0.05, 0.1) is 6.10 Å². The molecular formula is C26H28O6. The molecule has 0 spiro atoms. The average molecular weight is 437 g/mol. The van der Waals surface area contributed by atoms with E-state index in [9.17, 15) is 24.9 Å². The van der Waals surface area contributed by atoms with Gasteiger partial charge in [0.1, 0.15) is 23.5 Å². The Labute approximate surface area is 187 Å². The van der Waals surface area contributed by atoms with Crippen LogP contribution in [0.1, 0.15) is 40.4 Å². The van der Waals surface area contributed by atoms with Gasteiger partial charge in [-0.05, 0) is 55.5 Å². The van der Waals surface area contributed by atoms with Crippen LogP contribution in [0.15, 0.2) is 60.7 Å². The number of benzene rings is 2. The third-order valence-corrected chi connectivity index (χ3v) is 5.55. The zero-order valence-electron chi connectivity index (χ0n) is 18.1. The van der Waals surface area contributed by atoms with E-state index in [0.29, 0.717) is 12.0 Å². The Morgan fingerprint density at radius 2 is 1.78 bits per heavy atom. The number of aliphatic hydroxyl groups excluding tert-OH is 2. The molecule has 1 aliphatic rings. The van der Waals surface area contributed by atoms with E-state index in [1.807, 2.05) is 30.3 Å². The van der Waals surface area contributed by atoms with E-state index >= 15 is 0 Å². The Bertz CT molecular complexity index is 1020. The van der Waals surface area contributed by atoms with E-state index in [0.717, 1.165) is 11.1 Å². The standard InChI is InChI=1S/C26H28O6/c1-16-13-20-9-6-10-21(27)25(30)22(28)12-11-19(15-18-7-4-3-5-8-18)17(2)32-26(31)24(20)23(29)14-16/h3-9,11-14,17,19,21,25,27,29-30H,10,15H2,1-2H3/b9-6+,12-11-/t17-,19-,21-,25-/m0/s1. The van der Waals surface area contributed by atoms with Crippen molar-refractivity contribution in [2.24, 2.45) is 5.92 Å². The number of hydrogen-bond acceptors (Lipinski definition) is 6. The SMILES string of the molecule is Cc1cc(O)c2c(c1)/C=C/C[C@H](O)[C@H](O)C(=O)/C=C\[C@@H](Cc1ccccc1)[C@H](C)OC2=O. The van der Waals surface area contributed by atoms with Gasteiger partial charge in [0.25, 0.3) is 0 Å². The first kappa shape index (κ1) is 23.4. The summed E-state index contributed by atoms with van der Waals surface area (Å²) in [6.07, 6.45) is 2.93. The molecule has 1 heterocycles. The lowest BCUT2D eigenvalue weighted by Crippen LogP contribution is -2.33. The molecule has 0 saturated carbocycles. The van der Waals surface area contributed by atoms with Crippen LogP contribution in [0.3, 0.4) is 0 Å². The van der Waals surface area contributed by atoms with Crippen molar-refractivity contribution in [1.29, 1.82) is 0 Å². The van der Waals surface area contributed by atoms with Crippen LogP contribution in [0.25, 0.3) is 6.08 Å². The average Bonchev–Trinajstić information content (AvgIpc) is 2.75. The molecule has 0 aromatic heterocycles. The molecule has 6 nitrogen and oxygen atoms in total. The highest BCUT2D eigenvalue weighted by atomic mass is 16.5. The van der Waals surface area contributed by atoms with Crippen molar-refractivity contribution in [3.05, 3.63) is 82.9 Å². The monoisotopic (exact) mass is 436 g/mol. The minimum atomic E-state index is -1.57. The van der Waals surface area contributed by atoms with Crippen molar-refractivity contribution in [2.75, 3.05) is 0 Å². The number of hydrogen-bond donors (Lipinski definition) is 3. The molecule has 168 valence electrons. The number of rotatable bonds is 2. The number of phenols is 1. The van der Waals surface area contributed by atoms with Crippen LogP contribution in [-0.2, 0) is 16.0 Å². The second-order valence-electron chi connectivity index (χ2n) is 8.12. The topological polar surface area (TPSA) is 104 Å². The maximum atomic E-state index is 13.0. The summed E-state index contributed by atoms with van der Waals surface area (Å²) < 4.78 is 5.70. The molecule has 3 rings (SSSR count). The number of carbonyl (C=O) groups excluding carboxylic acids is 2. The summed E-state index contributed by atoms with van der Waals surface area (Å²) in [5.41, 5.74) is 2.19. The van der Waals surface area contributed by atoms with Gasteiger partial charge in [0, 0.05) is 5.92 Å². The number of aliphatic hydroxyl groups is 2. The fourth-order valence-electron chi connectivity index (χ4n) is 3.71.